The van der Waals surface area contributed by atoms with Gasteiger partial charge in [-0.3, -0.25) is 4.98 Å². The van der Waals surface area contributed by atoms with Crippen LogP contribution in [0.1, 0.15) is 10.4 Å². The Hall–Kier alpha value is -1.97. The van der Waals surface area contributed by atoms with Crippen molar-refractivity contribution in [2.75, 3.05) is 0 Å². The molecule has 0 fully saturated rings. The summed E-state index contributed by atoms with van der Waals surface area (Å²) in [6.07, 6.45) is 1.65. The van der Waals surface area contributed by atoms with Crippen molar-refractivity contribution in [3.8, 4) is 0 Å². The van der Waals surface area contributed by atoms with Gasteiger partial charge in [0, 0.05) is 16.1 Å². The molecule has 1 aromatic heterocycles. The average molecular weight is 191 g/mol. The van der Waals surface area contributed by atoms with Gasteiger partial charge in [0.25, 0.3) is 0 Å². The Morgan fingerprint density at radius 2 is 2.21 bits per heavy atom. The zero-order chi connectivity index (χ0) is 9.97. The molecule has 0 amide bonds. The summed E-state index contributed by atoms with van der Waals surface area (Å²) in [5.41, 5.74) is 0.927. The van der Waals surface area contributed by atoms with Gasteiger partial charge in [-0.2, -0.15) is 0 Å². The minimum Gasteiger partial charge on any atom is -0.256 e. The molecular weight excluding hydrogens is 185 g/mol. The first kappa shape index (κ1) is 8.62. The third-order valence-electron chi connectivity index (χ3n) is 1.91. The van der Waals surface area contributed by atoms with E-state index < -0.39 is 5.97 Å². The second-order valence-electron chi connectivity index (χ2n) is 2.78. The van der Waals surface area contributed by atoms with Gasteiger partial charge in [-0.25, -0.2) is 9.74 Å². The zero-order valence-corrected chi connectivity index (χ0v) is 7.11. The van der Waals surface area contributed by atoms with Crippen LogP contribution >= 0.6 is 0 Å². The van der Waals surface area contributed by atoms with Gasteiger partial charge < -0.3 is 0 Å². The number of fused-ring (bicyclic) bond motifs is 1. The highest BCUT2D eigenvalue weighted by Crippen LogP contribution is 2.13. The Bertz CT molecular complexity index is 484. The van der Waals surface area contributed by atoms with E-state index in [1.165, 1.54) is 12.1 Å². The van der Waals surface area contributed by atoms with Crippen LogP contribution in [0.25, 0.3) is 10.9 Å². The summed E-state index contributed by atoms with van der Waals surface area (Å²) in [5, 5.41) is 0.774. The van der Waals surface area contributed by atoms with Crippen LogP contribution in [0.2, 0.25) is 0 Å². The van der Waals surface area contributed by atoms with Crippen molar-refractivity contribution in [3.63, 3.8) is 0 Å². The number of hydrogen-bond donors (Lipinski definition) is 0. The van der Waals surface area contributed by atoms with Gasteiger partial charge >= 0.3 is 5.97 Å². The van der Waals surface area contributed by atoms with Crippen LogP contribution < -0.4 is 0 Å². The molecule has 70 valence electrons. The second kappa shape index (κ2) is 3.41. The predicted molar refractivity (Wildman–Crippen MR) is 48.3 cm³/mol. The highest BCUT2D eigenvalue weighted by Gasteiger charge is 2.07. The van der Waals surface area contributed by atoms with Crippen LogP contribution in [-0.2, 0) is 4.94 Å². The lowest BCUT2D eigenvalue weighted by molar-refractivity contribution is -0.0787. The number of hydrogen-bond acceptors (Lipinski definition) is 3. The third-order valence-corrected chi connectivity index (χ3v) is 1.91. The monoisotopic (exact) mass is 191 g/mol. The fraction of sp³-hybridized carbons (Fsp3) is 0. The molecule has 0 radical (unpaired) electrons. The number of halogens is 1. The topological polar surface area (TPSA) is 39.2 Å². The summed E-state index contributed by atoms with van der Waals surface area (Å²) < 4.78 is 11.6. The van der Waals surface area contributed by atoms with Gasteiger partial charge in [0.15, 0.2) is 0 Å². The lowest BCUT2D eigenvalue weighted by Crippen LogP contribution is -1.98. The summed E-state index contributed by atoms with van der Waals surface area (Å²) in [6.45, 7) is 0. The van der Waals surface area contributed by atoms with E-state index in [2.05, 4.69) is 9.93 Å². The van der Waals surface area contributed by atoms with Gasteiger partial charge in [-0.05, 0) is 24.3 Å². The number of nitrogens with zero attached hydrogens (tertiary/aromatic N) is 1. The van der Waals surface area contributed by atoms with E-state index in [0.717, 1.165) is 10.9 Å². The standard InChI is InChI=1S/C10H6FNO2/c11-14-10(13)8-3-4-9-7(6-8)2-1-5-12-9/h1-6H. The molecule has 0 saturated carbocycles. The van der Waals surface area contributed by atoms with E-state index in [1.807, 2.05) is 0 Å². The maximum absolute atomic E-state index is 11.6. The van der Waals surface area contributed by atoms with Crippen LogP contribution in [-0.4, -0.2) is 11.0 Å². The number of pyridine rings is 1. The van der Waals surface area contributed by atoms with Gasteiger partial charge in [0.05, 0.1) is 11.1 Å². The maximum atomic E-state index is 11.6. The van der Waals surface area contributed by atoms with Crippen LogP contribution in [0.15, 0.2) is 36.5 Å². The van der Waals surface area contributed by atoms with Crippen molar-refractivity contribution in [3.05, 3.63) is 42.1 Å². The van der Waals surface area contributed by atoms with E-state index in [1.54, 1.807) is 24.4 Å². The number of benzene rings is 1. The maximum Gasteiger partial charge on any atom is 0.379 e. The predicted octanol–water partition coefficient (Wildman–Crippen LogP) is 2.28. The fourth-order valence-corrected chi connectivity index (χ4v) is 1.25. The Morgan fingerprint density at radius 1 is 1.36 bits per heavy atom. The Labute approximate surface area is 79.0 Å². The second-order valence-corrected chi connectivity index (χ2v) is 2.78. The molecule has 4 heteroatoms. The number of carbonyl (C=O) groups is 1. The number of rotatable bonds is 1. The first-order valence-corrected chi connectivity index (χ1v) is 3.99. The van der Waals surface area contributed by atoms with E-state index in [-0.39, 0.29) is 5.56 Å². The van der Waals surface area contributed by atoms with Gasteiger partial charge in [-0.1, -0.05) is 6.07 Å². The van der Waals surface area contributed by atoms with Crippen molar-refractivity contribution in [1.29, 1.82) is 0 Å². The van der Waals surface area contributed by atoms with Crippen molar-refractivity contribution in [2.24, 2.45) is 0 Å². The van der Waals surface area contributed by atoms with Crippen LogP contribution in [0, 0.1) is 0 Å². The largest absolute Gasteiger partial charge is 0.379 e. The lowest BCUT2D eigenvalue weighted by atomic mass is 10.1. The lowest BCUT2D eigenvalue weighted by Gasteiger charge is -1.98. The molecule has 0 aliphatic rings. The smallest absolute Gasteiger partial charge is 0.256 e. The highest BCUT2D eigenvalue weighted by atomic mass is 19.3. The van der Waals surface area contributed by atoms with E-state index >= 15 is 0 Å². The molecule has 0 N–H and O–H groups in total. The first-order valence-electron chi connectivity index (χ1n) is 3.99. The van der Waals surface area contributed by atoms with Crippen molar-refractivity contribution >= 4 is 16.9 Å². The molecule has 1 heterocycles. The van der Waals surface area contributed by atoms with Gasteiger partial charge in [-0.15, -0.1) is 0 Å². The molecular formula is C10H6FNO2. The van der Waals surface area contributed by atoms with Gasteiger partial charge in [0.2, 0.25) is 0 Å². The minimum absolute atomic E-state index is 0.174. The summed E-state index contributed by atoms with van der Waals surface area (Å²) in [5.74, 6) is -0.990. The van der Waals surface area contributed by atoms with Crippen LogP contribution in [0.3, 0.4) is 0 Å². The van der Waals surface area contributed by atoms with Crippen molar-refractivity contribution in [1.82, 2.24) is 4.98 Å². The Balaban J connectivity index is 2.56. The Morgan fingerprint density at radius 3 is 3.00 bits per heavy atom. The van der Waals surface area contributed by atoms with E-state index in [9.17, 15) is 9.32 Å². The molecule has 0 bridgehead atoms. The third kappa shape index (κ3) is 1.42. The van der Waals surface area contributed by atoms with Crippen molar-refractivity contribution < 1.29 is 14.3 Å². The molecule has 0 atom stereocenters. The number of aromatic nitrogens is 1. The summed E-state index contributed by atoms with van der Waals surface area (Å²) in [7, 11) is 0. The first-order chi connectivity index (χ1) is 6.81. The highest BCUT2D eigenvalue weighted by molar-refractivity contribution is 5.94. The van der Waals surface area contributed by atoms with Crippen LogP contribution in [0.4, 0.5) is 4.53 Å². The van der Waals surface area contributed by atoms with Crippen molar-refractivity contribution in [2.45, 2.75) is 0 Å². The quantitative estimate of drug-likeness (QED) is 0.694. The molecule has 0 spiro atoms. The molecule has 0 aliphatic carbocycles. The SMILES string of the molecule is O=C(OF)c1ccc2ncccc2c1. The van der Waals surface area contributed by atoms with Gasteiger partial charge in [0.1, 0.15) is 0 Å². The summed E-state index contributed by atoms with van der Waals surface area (Å²) >= 11 is 0. The molecule has 3 nitrogen and oxygen atoms in total. The van der Waals surface area contributed by atoms with E-state index in [0.29, 0.717) is 0 Å². The molecule has 14 heavy (non-hydrogen) atoms. The number of carbonyl (C=O) groups excluding carboxylic acids is 1. The van der Waals surface area contributed by atoms with E-state index in [4.69, 9.17) is 0 Å². The summed E-state index contributed by atoms with van der Waals surface area (Å²) in [6, 6.07) is 8.17. The molecule has 0 saturated heterocycles. The molecule has 2 rings (SSSR count). The molecule has 0 unspecified atom stereocenters. The molecule has 2 aromatic rings. The summed E-state index contributed by atoms with van der Waals surface area (Å²) in [4.78, 5) is 18.0. The molecule has 0 aliphatic heterocycles. The normalized spacial score (nSPS) is 10.1. The Kier molecular flexibility index (Phi) is 2.10. The average Bonchev–Trinajstić information content (AvgIpc) is 2.27. The van der Waals surface area contributed by atoms with Crippen LogP contribution in [0.5, 0.6) is 0 Å². The molecule has 1 aromatic carbocycles. The fourth-order valence-electron chi connectivity index (χ4n) is 1.25. The minimum atomic E-state index is -0.990. The zero-order valence-electron chi connectivity index (χ0n) is 7.11.